The first-order chi connectivity index (χ1) is 9.58. The van der Waals surface area contributed by atoms with Crippen molar-refractivity contribution in [2.45, 2.75) is 58.4 Å². The van der Waals surface area contributed by atoms with Crippen LogP contribution in [0.2, 0.25) is 10.0 Å². The van der Waals surface area contributed by atoms with Gasteiger partial charge in [0.1, 0.15) is 0 Å². The molecule has 1 aromatic carbocycles. The van der Waals surface area contributed by atoms with Crippen LogP contribution in [0.4, 0.5) is 0 Å². The molecule has 3 heteroatoms. The molecule has 20 heavy (non-hydrogen) atoms. The molecule has 1 nitrogen and oxygen atoms in total. The lowest BCUT2D eigenvalue weighted by molar-refractivity contribution is 0.0202. The van der Waals surface area contributed by atoms with Crippen molar-refractivity contribution in [3.05, 3.63) is 33.8 Å². The summed E-state index contributed by atoms with van der Waals surface area (Å²) in [5.41, 5.74) is 1.56. The minimum atomic E-state index is 0.323. The van der Waals surface area contributed by atoms with Crippen LogP contribution in [0.15, 0.2) is 18.2 Å². The van der Waals surface area contributed by atoms with E-state index < -0.39 is 0 Å². The topological polar surface area (TPSA) is 12.0 Å². The highest BCUT2D eigenvalue weighted by Crippen LogP contribution is 2.58. The van der Waals surface area contributed by atoms with Gasteiger partial charge in [-0.1, -0.05) is 44.0 Å². The molecule has 0 heterocycles. The molecule has 0 saturated heterocycles. The van der Waals surface area contributed by atoms with Crippen molar-refractivity contribution in [2.75, 3.05) is 6.54 Å². The van der Waals surface area contributed by atoms with E-state index in [1.807, 2.05) is 12.1 Å². The Morgan fingerprint density at radius 2 is 1.90 bits per heavy atom. The average molecular weight is 314 g/mol. The molecule has 2 atom stereocenters. The zero-order valence-electron chi connectivity index (χ0n) is 12.7. The van der Waals surface area contributed by atoms with E-state index in [4.69, 9.17) is 23.2 Å². The van der Waals surface area contributed by atoms with E-state index in [1.54, 1.807) is 0 Å². The lowest BCUT2D eigenvalue weighted by Gasteiger charge is -2.57. The molecule has 0 spiro atoms. The molecule has 2 unspecified atom stereocenters. The zero-order chi connectivity index (χ0) is 14.8. The van der Waals surface area contributed by atoms with Crippen LogP contribution in [0.3, 0.4) is 0 Å². The van der Waals surface area contributed by atoms with Crippen molar-refractivity contribution < 1.29 is 0 Å². The van der Waals surface area contributed by atoms with Gasteiger partial charge in [0.05, 0.1) is 0 Å². The third kappa shape index (κ3) is 2.73. The van der Waals surface area contributed by atoms with Crippen LogP contribution in [0.25, 0.3) is 0 Å². The van der Waals surface area contributed by atoms with Gasteiger partial charge < -0.3 is 5.32 Å². The Balaban J connectivity index is 2.26. The maximum absolute atomic E-state index is 6.42. The van der Waals surface area contributed by atoms with Crippen LogP contribution >= 0.6 is 23.2 Å². The lowest BCUT2D eigenvalue weighted by Crippen LogP contribution is -2.58. The van der Waals surface area contributed by atoms with Crippen LogP contribution < -0.4 is 5.32 Å². The number of benzene rings is 1. The zero-order valence-corrected chi connectivity index (χ0v) is 14.2. The fourth-order valence-corrected chi connectivity index (χ4v) is 4.28. The van der Waals surface area contributed by atoms with Crippen LogP contribution in [-0.4, -0.2) is 12.6 Å². The maximum Gasteiger partial charge on any atom is 0.0442 e. The Bertz CT molecular complexity index is 454. The SMILES string of the molecule is CCCNC1CC(c2cc(Cl)ccc2Cl)C1(CC)CC. The van der Waals surface area contributed by atoms with E-state index in [-0.39, 0.29) is 0 Å². The number of hydrogen-bond acceptors (Lipinski definition) is 1. The summed E-state index contributed by atoms with van der Waals surface area (Å²) in [5.74, 6) is 0.526. The van der Waals surface area contributed by atoms with E-state index in [1.165, 1.54) is 31.2 Å². The fourth-order valence-electron chi connectivity index (χ4n) is 3.85. The molecular formula is C17H25Cl2N. The Labute approximate surface area is 133 Å². The molecule has 0 radical (unpaired) electrons. The number of halogens is 2. The van der Waals surface area contributed by atoms with Crippen molar-refractivity contribution >= 4 is 23.2 Å². The number of rotatable bonds is 6. The minimum Gasteiger partial charge on any atom is -0.313 e. The van der Waals surface area contributed by atoms with Crippen molar-refractivity contribution in [3.63, 3.8) is 0 Å². The van der Waals surface area contributed by atoms with Crippen molar-refractivity contribution in [1.82, 2.24) is 5.32 Å². The average Bonchev–Trinajstić information content (AvgIpc) is 2.43. The molecule has 1 saturated carbocycles. The first-order valence-corrected chi connectivity index (χ1v) is 8.53. The van der Waals surface area contributed by atoms with Crippen molar-refractivity contribution in [2.24, 2.45) is 5.41 Å². The fraction of sp³-hybridized carbons (Fsp3) is 0.647. The first kappa shape index (κ1) is 16.1. The Kier molecular flexibility index (Phi) is 5.39. The summed E-state index contributed by atoms with van der Waals surface area (Å²) in [7, 11) is 0. The molecule has 1 fully saturated rings. The van der Waals surface area contributed by atoms with Crippen molar-refractivity contribution in [1.29, 1.82) is 0 Å². The van der Waals surface area contributed by atoms with Gasteiger partial charge in [0, 0.05) is 16.1 Å². The van der Waals surface area contributed by atoms with E-state index in [2.05, 4.69) is 32.2 Å². The van der Waals surface area contributed by atoms with Gasteiger partial charge in [0.2, 0.25) is 0 Å². The van der Waals surface area contributed by atoms with Gasteiger partial charge in [-0.2, -0.15) is 0 Å². The summed E-state index contributed by atoms with van der Waals surface area (Å²) in [6.07, 6.45) is 4.71. The highest BCUT2D eigenvalue weighted by Gasteiger charge is 2.52. The van der Waals surface area contributed by atoms with Gasteiger partial charge in [0.15, 0.2) is 0 Å². The highest BCUT2D eigenvalue weighted by molar-refractivity contribution is 6.33. The second kappa shape index (κ2) is 6.68. The van der Waals surface area contributed by atoms with Crippen molar-refractivity contribution in [3.8, 4) is 0 Å². The quantitative estimate of drug-likeness (QED) is 0.715. The minimum absolute atomic E-state index is 0.323. The van der Waals surface area contributed by atoms with E-state index in [9.17, 15) is 0 Å². The molecule has 0 amide bonds. The maximum atomic E-state index is 6.42. The molecule has 0 aliphatic heterocycles. The third-order valence-corrected chi connectivity index (χ3v) is 5.73. The molecule has 2 rings (SSSR count). The second-order valence-electron chi connectivity index (χ2n) is 5.90. The standard InChI is InChI=1S/C17H25Cl2N/c1-4-9-20-16-11-14(17(16,5-2)6-3)13-10-12(18)7-8-15(13)19/h7-8,10,14,16,20H,4-6,9,11H2,1-3H3. The van der Waals surface area contributed by atoms with Gasteiger partial charge >= 0.3 is 0 Å². The van der Waals surface area contributed by atoms with Gasteiger partial charge in [-0.25, -0.2) is 0 Å². The summed E-state index contributed by atoms with van der Waals surface area (Å²) in [6.45, 7) is 7.92. The van der Waals surface area contributed by atoms with Gasteiger partial charge in [-0.15, -0.1) is 0 Å². The Morgan fingerprint density at radius 1 is 1.20 bits per heavy atom. The summed E-state index contributed by atoms with van der Waals surface area (Å²) >= 11 is 12.6. The van der Waals surface area contributed by atoms with E-state index in [0.29, 0.717) is 17.4 Å². The van der Waals surface area contributed by atoms with Gasteiger partial charge in [0.25, 0.3) is 0 Å². The van der Waals surface area contributed by atoms with Crippen LogP contribution in [0, 0.1) is 5.41 Å². The predicted octanol–water partition coefficient (Wildman–Crippen LogP) is 5.66. The summed E-state index contributed by atoms with van der Waals surface area (Å²) in [4.78, 5) is 0. The summed E-state index contributed by atoms with van der Waals surface area (Å²) in [6, 6.07) is 6.48. The molecule has 1 aliphatic rings. The lowest BCUT2D eigenvalue weighted by atomic mass is 9.51. The normalized spacial score (nSPS) is 24.4. The summed E-state index contributed by atoms with van der Waals surface area (Å²) in [5, 5.41) is 5.37. The molecule has 1 aliphatic carbocycles. The van der Waals surface area contributed by atoms with Gasteiger partial charge in [-0.05, 0) is 67.3 Å². The molecule has 1 N–H and O–H groups in total. The van der Waals surface area contributed by atoms with Gasteiger partial charge in [-0.3, -0.25) is 0 Å². The Morgan fingerprint density at radius 3 is 2.50 bits per heavy atom. The Hall–Kier alpha value is -0.240. The number of nitrogens with one attached hydrogen (secondary N) is 1. The molecular weight excluding hydrogens is 289 g/mol. The molecule has 1 aromatic rings. The van der Waals surface area contributed by atoms with Crippen LogP contribution in [0.1, 0.15) is 57.9 Å². The predicted molar refractivity (Wildman–Crippen MR) is 88.9 cm³/mol. The third-order valence-electron chi connectivity index (χ3n) is 5.15. The largest absolute Gasteiger partial charge is 0.313 e. The monoisotopic (exact) mass is 313 g/mol. The second-order valence-corrected chi connectivity index (χ2v) is 6.74. The van der Waals surface area contributed by atoms with E-state index in [0.717, 1.165) is 16.6 Å². The molecule has 0 bridgehead atoms. The first-order valence-electron chi connectivity index (χ1n) is 7.77. The molecule has 112 valence electrons. The van der Waals surface area contributed by atoms with Crippen LogP contribution in [-0.2, 0) is 0 Å². The summed E-state index contributed by atoms with van der Waals surface area (Å²) < 4.78 is 0. The smallest absolute Gasteiger partial charge is 0.0442 e. The highest BCUT2D eigenvalue weighted by atomic mass is 35.5. The number of hydrogen-bond donors (Lipinski definition) is 1. The van der Waals surface area contributed by atoms with Crippen LogP contribution in [0.5, 0.6) is 0 Å². The molecule has 0 aromatic heterocycles. The van der Waals surface area contributed by atoms with E-state index >= 15 is 0 Å².